The van der Waals surface area contributed by atoms with Gasteiger partial charge in [0.2, 0.25) is 0 Å². The largest absolute Gasteiger partial charge is 0.493 e. The molecule has 0 spiro atoms. The van der Waals surface area contributed by atoms with E-state index < -0.39 is 0 Å². The molecule has 2 nitrogen and oxygen atoms in total. The Kier molecular flexibility index (Phi) is 5.14. The van der Waals surface area contributed by atoms with Crippen LogP contribution >= 0.6 is 49.9 Å². The highest BCUT2D eigenvalue weighted by atomic mass is 127. The third-order valence-corrected chi connectivity index (χ3v) is 5.75. The van der Waals surface area contributed by atoms with E-state index in [0.29, 0.717) is 0 Å². The lowest BCUT2D eigenvalue weighted by Crippen LogP contribution is -1.98. The minimum atomic E-state index is 0.173. The first-order valence-electron chi connectivity index (χ1n) is 5.67. The summed E-state index contributed by atoms with van der Waals surface area (Å²) in [6.07, 6.45) is 0. The van der Waals surface area contributed by atoms with Crippen LogP contribution in [0.25, 0.3) is 0 Å². The van der Waals surface area contributed by atoms with Crippen LogP contribution in [0.15, 0.2) is 23.6 Å². The Labute approximate surface area is 139 Å². The molecule has 0 radical (unpaired) electrons. The molecule has 1 aromatic carbocycles. The van der Waals surface area contributed by atoms with Crippen molar-refractivity contribution in [2.45, 2.75) is 11.8 Å². The van der Waals surface area contributed by atoms with E-state index in [9.17, 15) is 0 Å². The van der Waals surface area contributed by atoms with Crippen LogP contribution in [0, 0.1) is 9.81 Å². The zero-order valence-corrected chi connectivity index (χ0v) is 15.4. The van der Waals surface area contributed by atoms with E-state index >= 15 is 0 Å². The lowest BCUT2D eigenvalue weighted by Gasteiger charge is -2.16. The van der Waals surface area contributed by atoms with Gasteiger partial charge in [-0.1, -0.05) is 15.9 Å². The molecule has 0 bridgehead atoms. The highest BCUT2D eigenvalue weighted by Crippen LogP contribution is 2.40. The number of halogens is 2. The number of methoxy groups -OCH3 is 2. The summed E-state index contributed by atoms with van der Waals surface area (Å²) in [5.41, 5.74) is 3.65. The Morgan fingerprint density at radius 3 is 2.32 bits per heavy atom. The molecule has 2 aromatic rings. The van der Waals surface area contributed by atoms with Crippen molar-refractivity contribution < 1.29 is 9.47 Å². The lowest BCUT2D eigenvalue weighted by molar-refractivity contribution is 0.354. The van der Waals surface area contributed by atoms with Gasteiger partial charge >= 0.3 is 0 Å². The molecule has 1 atom stereocenters. The van der Waals surface area contributed by atoms with Crippen LogP contribution < -0.4 is 9.47 Å². The highest BCUT2D eigenvalue weighted by Gasteiger charge is 2.17. The SMILES string of the molecule is COc1cc(C)c(C(Br)c2csc(I)c2)cc1OC. The van der Waals surface area contributed by atoms with Crippen LogP contribution in [0.3, 0.4) is 0 Å². The number of hydrogen-bond acceptors (Lipinski definition) is 3. The Balaban J connectivity index is 2.44. The van der Waals surface area contributed by atoms with Gasteiger partial charge in [0.25, 0.3) is 0 Å². The van der Waals surface area contributed by atoms with E-state index in [1.54, 1.807) is 25.6 Å². The van der Waals surface area contributed by atoms with E-state index in [1.165, 1.54) is 19.6 Å². The molecule has 19 heavy (non-hydrogen) atoms. The van der Waals surface area contributed by atoms with Crippen molar-refractivity contribution in [3.63, 3.8) is 0 Å². The predicted octanol–water partition coefficient (Wildman–Crippen LogP) is 5.16. The Morgan fingerprint density at radius 1 is 1.16 bits per heavy atom. The first-order valence-corrected chi connectivity index (χ1v) is 8.54. The number of alkyl halides is 1. The van der Waals surface area contributed by atoms with Crippen molar-refractivity contribution >= 4 is 49.9 Å². The second-order valence-electron chi connectivity index (χ2n) is 4.11. The van der Waals surface area contributed by atoms with Gasteiger partial charge in [0.15, 0.2) is 11.5 Å². The molecule has 0 aliphatic rings. The third kappa shape index (κ3) is 3.25. The number of aryl methyl sites for hydroxylation is 1. The van der Waals surface area contributed by atoms with Gasteiger partial charge in [-0.2, -0.15) is 0 Å². The van der Waals surface area contributed by atoms with Crippen LogP contribution in [-0.4, -0.2) is 14.2 Å². The molecule has 2 rings (SSSR count). The number of ether oxygens (including phenoxy) is 2. The summed E-state index contributed by atoms with van der Waals surface area (Å²) in [4.78, 5) is 0.173. The molecule has 0 amide bonds. The van der Waals surface area contributed by atoms with Crippen molar-refractivity contribution in [1.82, 2.24) is 0 Å². The second-order valence-corrected chi connectivity index (χ2v) is 7.83. The minimum absolute atomic E-state index is 0.173. The van der Waals surface area contributed by atoms with Crippen molar-refractivity contribution in [3.8, 4) is 11.5 Å². The molecular weight excluding hydrogens is 439 g/mol. The van der Waals surface area contributed by atoms with Crippen molar-refractivity contribution in [2.75, 3.05) is 14.2 Å². The standard InChI is InChI=1S/C14H14BrIO2S/c1-8-4-11(17-2)12(18-3)6-10(8)14(15)9-5-13(16)19-7-9/h4-7,14H,1-3H3. The molecule has 0 aliphatic heterocycles. The number of rotatable bonds is 4. The van der Waals surface area contributed by atoms with Crippen LogP contribution in [-0.2, 0) is 0 Å². The van der Waals surface area contributed by atoms with Gasteiger partial charge < -0.3 is 9.47 Å². The van der Waals surface area contributed by atoms with Gasteiger partial charge in [0.1, 0.15) is 0 Å². The maximum absolute atomic E-state index is 5.38. The Hall–Kier alpha value is -0.270. The minimum Gasteiger partial charge on any atom is -0.493 e. The van der Waals surface area contributed by atoms with Gasteiger partial charge in [-0.25, -0.2) is 0 Å². The maximum Gasteiger partial charge on any atom is 0.161 e. The van der Waals surface area contributed by atoms with Crippen molar-refractivity contribution in [3.05, 3.63) is 43.2 Å². The molecule has 5 heteroatoms. The maximum atomic E-state index is 5.38. The first-order chi connectivity index (χ1) is 9.06. The van der Waals surface area contributed by atoms with E-state index in [1.807, 2.05) is 12.1 Å². The number of hydrogen-bond donors (Lipinski definition) is 0. The summed E-state index contributed by atoms with van der Waals surface area (Å²) >= 11 is 7.87. The van der Waals surface area contributed by atoms with Gasteiger partial charge in [0.05, 0.1) is 21.9 Å². The van der Waals surface area contributed by atoms with E-state index in [4.69, 9.17) is 9.47 Å². The molecule has 0 N–H and O–H groups in total. The predicted molar refractivity (Wildman–Crippen MR) is 92.1 cm³/mol. The molecule has 1 unspecified atom stereocenters. The number of benzene rings is 1. The zero-order chi connectivity index (χ0) is 14.0. The van der Waals surface area contributed by atoms with Crippen LogP contribution in [0.2, 0.25) is 0 Å². The summed E-state index contributed by atoms with van der Waals surface area (Å²) in [6.45, 7) is 2.09. The molecule has 0 aliphatic carbocycles. The summed E-state index contributed by atoms with van der Waals surface area (Å²) in [5.74, 6) is 1.53. The zero-order valence-electron chi connectivity index (χ0n) is 10.9. The molecule has 0 saturated carbocycles. The molecule has 0 fully saturated rings. The lowest BCUT2D eigenvalue weighted by atomic mass is 10.0. The molecule has 1 aromatic heterocycles. The summed E-state index contributed by atoms with van der Waals surface area (Å²) in [7, 11) is 3.32. The van der Waals surface area contributed by atoms with Crippen molar-refractivity contribution in [2.24, 2.45) is 0 Å². The van der Waals surface area contributed by atoms with Crippen LogP contribution in [0.1, 0.15) is 21.5 Å². The van der Waals surface area contributed by atoms with Gasteiger partial charge in [-0.3, -0.25) is 0 Å². The third-order valence-electron chi connectivity index (χ3n) is 2.93. The van der Waals surface area contributed by atoms with E-state index in [-0.39, 0.29) is 4.83 Å². The summed E-state index contributed by atoms with van der Waals surface area (Å²) in [5, 5.41) is 2.18. The van der Waals surface area contributed by atoms with Crippen molar-refractivity contribution in [1.29, 1.82) is 0 Å². The molecule has 102 valence electrons. The van der Waals surface area contributed by atoms with E-state index in [2.05, 4.69) is 56.9 Å². The van der Waals surface area contributed by atoms with Gasteiger partial charge in [0, 0.05) is 0 Å². The van der Waals surface area contributed by atoms with E-state index in [0.717, 1.165) is 11.5 Å². The average Bonchev–Trinajstić information content (AvgIpc) is 2.84. The Bertz CT molecular complexity index is 583. The highest BCUT2D eigenvalue weighted by molar-refractivity contribution is 14.1. The van der Waals surface area contributed by atoms with Gasteiger partial charge in [-0.05, 0) is 69.8 Å². The normalized spacial score (nSPS) is 12.3. The fourth-order valence-corrected chi connectivity index (χ4v) is 4.24. The van der Waals surface area contributed by atoms with Gasteiger partial charge in [-0.15, -0.1) is 11.3 Å². The molecular formula is C14H14BrIO2S. The number of thiophene rings is 1. The molecule has 1 heterocycles. The summed E-state index contributed by atoms with van der Waals surface area (Å²) in [6, 6.07) is 6.25. The Morgan fingerprint density at radius 2 is 1.79 bits per heavy atom. The molecule has 0 saturated heterocycles. The quantitative estimate of drug-likeness (QED) is 0.471. The average molecular weight is 453 g/mol. The monoisotopic (exact) mass is 452 g/mol. The summed E-state index contributed by atoms with van der Waals surface area (Å²) < 4.78 is 12.0. The topological polar surface area (TPSA) is 18.5 Å². The smallest absolute Gasteiger partial charge is 0.161 e. The fraction of sp³-hybridized carbons (Fsp3) is 0.286. The first kappa shape index (κ1) is 15.1. The van der Waals surface area contributed by atoms with Crippen LogP contribution in [0.4, 0.5) is 0 Å². The van der Waals surface area contributed by atoms with Crippen LogP contribution in [0.5, 0.6) is 11.5 Å². The fourth-order valence-electron chi connectivity index (χ4n) is 1.91. The second kappa shape index (κ2) is 6.45.